The molecule has 0 bridgehead atoms. The SMILES string of the molecule is C[C@@H](OC(=O)c1cc(Br)ccc1N)C(=O)NCCC1=CCCCC1. The van der Waals surface area contributed by atoms with Gasteiger partial charge in [-0.25, -0.2) is 4.79 Å². The van der Waals surface area contributed by atoms with Crippen LogP contribution in [0.5, 0.6) is 0 Å². The van der Waals surface area contributed by atoms with Gasteiger partial charge in [0.1, 0.15) is 0 Å². The Hall–Kier alpha value is -1.82. The first-order valence-electron chi connectivity index (χ1n) is 8.19. The summed E-state index contributed by atoms with van der Waals surface area (Å²) in [6.07, 6.45) is 6.97. The third-order valence-electron chi connectivity index (χ3n) is 4.02. The number of ether oxygens (including phenoxy) is 1. The number of anilines is 1. The molecule has 6 heteroatoms. The molecule has 1 atom stereocenters. The molecule has 1 aliphatic rings. The van der Waals surface area contributed by atoms with E-state index < -0.39 is 12.1 Å². The van der Waals surface area contributed by atoms with E-state index in [-0.39, 0.29) is 11.5 Å². The number of carbonyl (C=O) groups excluding carboxylic acids is 2. The number of benzene rings is 1. The molecule has 1 aromatic rings. The fraction of sp³-hybridized carbons (Fsp3) is 0.444. The van der Waals surface area contributed by atoms with Crippen molar-refractivity contribution in [3.05, 3.63) is 39.9 Å². The van der Waals surface area contributed by atoms with E-state index in [9.17, 15) is 9.59 Å². The molecule has 3 N–H and O–H groups in total. The second-order valence-corrected chi connectivity index (χ2v) is 6.84. The Bertz CT molecular complexity index is 643. The van der Waals surface area contributed by atoms with Crippen LogP contribution >= 0.6 is 15.9 Å². The summed E-state index contributed by atoms with van der Waals surface area (Å²) < 4.78 is 5.93. The molecule has 5 nitrogen and oxygen atoms in total. The molecule has 0 spiro atoms. The van der Waals surface area contributed by atoms with Crippen molar-refractivity contribution in [3.63, 3.8) is 0 Å². The molecule has 0 saturated heterocycles. The van der Waals surface area contributed by atoms with Crippen molar-refractivity contribution in [1.29, 1.82) is 0 Å². The standard InChI is InChI=1S/C18H23BrN2O3/c1-12(17(22)21-10-9-13-5-3-2-4-6-13)24-18(23)15-11-14(19)7-8-16(15)20/h5,7-8,11-12H,2-4,6,9-10,20H2,1H3,(H,21,22)/t12-/m1/s1. The van der Waals surface area contributed by atoms with E-state index in [1.807, 2.05) is 0 Å². The predicted molar refractivity (Wildman–Crippen MR) is 97.6 cm³/mol. The Morgan fingerprint density at radius 1 is 1.38 bits per heavy atom. The van der Waals surface area contributed by atoms with Crippen LogP contribution in [0.25, 0.3) is 0 Å². The van der Waals surface area contributed by atoms with Gasteiger partial charge in [0, 0.05) is 16.7 Å². The quantitative estimate of drug-likeness (QED) is 0.438. The van der Waals surface area contributed by atoms with Crippen LogP contribution in [0.2, 0.25) is 0 Å². The van der Waals surface area contributed by atoms with Gasteiger partial charge in [-0.15, -0.1) is 0 Å². The number of nitrogens with two attached hydrogens (primary N) is 1. The molecule has 0 aliphatic heterocycles. The van der Waals surface area contributed by atoms with Crippen LogP contribution in [-0.4, -0.2) is 24.5 Å². The molecule has 24 heavy (non-hydrogen) atoms. The lowest BCUT2D eigenvalue weighted by atomic mass is 9.97. The highest BCUT2D eigenvalue weighted by Gasteiger charge is 2.20. The molecule has 1 aliphatic carbocycles. The molecule has 0 unspecified atom stereocenters. The summed E-state index contributed by atoms with van der Waals surface area (Å²) in [6, 6.07) is 4.93. The zero-order valence-corrected chi connectivity index (χ0v) is 15.4. The van der Waals surface area contributed by atoms with Gasteiger partial charge >= 0.3 is 5.97 Å². The van der Waals surface area contributed by atoms with Crippen LogP contribution < -0.4 is 11.1 Å². The van der Waals surface area contributed by atoms with Crippen LogP contribution in [0.15, 0.2) is 34.3 Å². The number of carbonyl (C=O) groups is 2. The van der Waals surface area contributed by atoms with Crippen molar-refractivity contribution in [3.8, 4) is 0 Å². The lowest BCUT2D eigenvalue weighted by Crippen LogP contribution is -2.36. The van der Waals surface area contributed by atoms with Crippen molar-refractivity contribution in [1.82, 2.24) is 5.32 Å². The zero-order chi connectivity index (χ0) is 17.5. The van der Waals surface area contributed by atoms with Crippen LogP contribution in [0.1, 0.15) is 49.4 Å². The summed E-state index contributed by atoms with van der Waals surface area (Å²) in [5.41, 5.74) is 7.74. The number of rotatable bonds is 6. The molecule has 130 valence electrons. The van der Waals surface area contributed by atoms with E-state index >= 15 is 0 Å². The molecule has 0 radical (unpaired) electrons. The van der Waals surface area contributed by atoms with Gasteiger partial charge in [0.15, 0.2) is 6.10 Å². The first kappa shape index (κ1) is 18.5. The zero-order valence-electron chi connectivity index (χ0n) is 13.8. The number of hydrogen-bond donors (Lipinski definition) is 2. The molecule has 0 fully saturated rings. The van der Waals surface area contributed by atoms with Gasteiger partial charge in [-0.05, 0) is 57.2 Å². The minimum absolute atomic E-state index is 0.247. The summed E-state index contributed by atoms with van der Waals surface area (Å²) in [5, 5.41) is 2.82. The Labute approximate surface area is 150 Å². The second kappa shape index (κ2) is 8.87. The topological polar surface area (TPSA) is 81.4 Å². The van der Waals surface area contributed by atoms with Crippen LogP contribution in [0, 0.1) is 0 Å². The Kier molecular flexibility index (Phi) is 6.85. The van der Waals surface area contributed by atoms with Crippen molar-refractivity contribution < 1.29 is 14.3 Å². The van der Waals surface area contributed by atoms with E-state index in [1.54, 1.807) is 25.1 Å². The fourth-order valence-electron chi connectivity index (χ4n) is 2.60. The third-order valence-corrected chi connectivity index (χ3v) is 4.51. The third kappa shape index (κ3) is 5.37. The maximum absolute atomic E-state index is 12.1. The molecule has 0 saturated carbocycles. The number of nitrogens with one attached hydrogen (secondary N) is 1. The maximum atomic E-state index is 12.1. The first-order chi connectivity index (χ1) is 11.5. The number of hydrogen-bond acceptors (Lipinski definition) is 4. The number of halogens is 1. The molecular formula is C18H23BrN2O3. The predicted octanol–water partition coefficient (Wildman–Crippen LogP) is 3.58. The van der Waals surface area contributed by atoms with Crippen LogP contribution in [0.3, 0.4) is 0 Å². The Balaban J connectivity index is 1.81. The van der Waals surface area contributed by atoms with Crippen LogP contribution in [0.4, 0.5) is 5.69 Å². The van der Waals surface area contributed by atoms with E-state index in [2.05, 4.69) is 27.3 Å². The molecule has 0 heterocycles. The normalized spacial score (nSPS) is 15.3. The van der Waals surface area contributed by atoms with Gasteiger partial charge in [0.05, 0.1) is 5.56 Å². The first-order valence-corrected chi connectivity index (χ1v) is 8.98. The average molecular weight is 395 g/mol. The van der Waals surface area contributed by atoms with E-state index in [0.717, 1.165) is 23.7 Å². The highest BCUT2D eigenvalue weighted by Crippen LogP contribution is 2.20. The number of esters is 1. The summed E-state index contributed by atoms with van der Waals surface area (Å²) in [7, 11) is 0. The highest BCUT2D eigenvalue weighted by molar-refractivity contribution is 9.10. The average Bonchev–Trinajstić information content (AvgIpc) is 2.57. The van der Waals surface area contributed by atoms with Crippen molar-refractivity contribution in [2.75, 3.05) is 12.3 Å². The Morgan fingerprint density at radius 2 is 2.17 bits per heavy atom. The van der Waals surface area contributed by atoms with Gasteiger partial charge in [0.2, 0.25) is 0 Å². The highest BCUT2D eigenvalue weighted by atomic mass is 79.9. The number of amides is 1. The van der Waals surface area contributed by atoms with E-state index in [0.29, 0.717) is 12.2 Å². The number of allylic oxidation sites excluding steroid dienone is 1. The van der Waals surface area contributed by atoms with Crippen molar-refractivity contribution >= 4 is 33.5 Å². The van der Waals surface area contributed by atoms with Gasteiger partial charge < -0.3 is 15.8 Å². The smallest absolute Gasteiger partial charge is 0.341 e. The molecular weight excluding hydrogens is 372 g/mol. The summed E-state index contributed by atoms with van der Waals surface area (Å²) in [4.78, 5) is 24.2. The second-order valence-electron chi connectivity index (χ2n) is 5.93. The minimum atomic E-state index is -0.865. The van der Waals surface area contributed by atoms with Crippen molar-refractivity contribution in [2.24, 2.45) is 0 Å². The van der Waals surface area contributed by atoms with Crippen molar-refractivity contribution in [2.45, 2.75) is 45.1 Å². The van der Waals surface area contributed by atoms with Crippen LogP contribution in [-0.2, 0) is 9.53 Å². The summed E-state index contributed by atoms with van der Waals surface area (Å²) >= 11 is 3.28. The van der Waals surface area contributed by atoms with Gasteiger partial charge in [0.25, 0.3) is 5.91 Å². The lowest BCUT2D eigenvalue weighted by Gasteiger charge is -2.16. The Morgan fingerprint density at radius 3 is 2.88 bits per heavy atom. The largest absolute Gasteiger partial charge is 0.449 e. The molecule has 1 aromatic carbocycles. The maximum Gasteiger partial charge on any atom is 0.341 e. The lowest BCUT2D eigenvalue weighted by molar-refractivity contribution is -0.129. The van der Waals surface area contributed by atoms with Gasteiger partial charge in [-0.3, -0.25) is 4.79 Å². The monoisotopic (exact) mass is 394 g/mol. The van der Waals surface area contributed by atoms with E-state index in [4.69, 9.17) is 10.5 Å². The summed E-state index contributed by atoms with van der Waals surface area (Å²) in [5.74, 6) is -0.903. The molecule has 2 rings (SSSR count). The summed E-state index contributed by atoms with van der Waals surface area (Å²) in [6.45, 7) is 2.12. The molecule has 0 aromatic heterocycles. The number of nitrogen functional groups attached to an aromatic ring is 1. The van der Waals surface area contributed by atoms with Gasteiger partial charge in [-0.2, -0.15) is 0 Å². The fourth-order valence-corrected chi connectivity index (χ4v) is 2.97. The molecule has 1 amide bonds. The van der Waals surface area contributed by atoms with E-state index in [1.165, 1.54) is 18.4 Å². The minimum Gasteiger partial charge on any atom is -0.449 e. The van der Waals surface area contributed by atoms with Gasteiger partial charge in [-0.1, -0.05) is 27.6 Å².